The van der Waals surface area contributed by atoms with Crippen LogP contribution in [0, 0.1) is 0 Å². The summed E-state index contributed by atoms with van der Waals surface area (Å²) >= 11 is 5.71. The lowest BCUT2D eigenvalue weighted by Crippen LogP contribution is -2.04. The second kappa shape index (κ2) is 5.51. The molecule has 0 atom stereocenters. The number of carbonyl (C=O) groups is 1. The van der Waals surface area contributed by atoms with Crippen molar-refractivity contribution in [3.8, 4) is 5.88 Å². The normalized spacial score (nSPS) is 10.1. The molecule has 92 valence electrons. The predicted molar refractivity (Wildman–Crippen MR) is 67.0 cm³/mol. The fourth-order valence-electron chi connectivity index (χ4n) is 1.39. The minimum Gasteiger partial charge on any atom is -0.476 e. The zero-order chi connectivity index (χ0) is 13.0. The number of halogens is 1. The van der Waals surface area contributed by atoms with Crippen molar-refractivity contribution in [2.75, 3.05) is 0 Å². The lowest BCUT2D eigenvalue weighted by molar-refractivity contribution is 0.0689. The maximum Gasteiger partial charge on any atom is 0.356 e. The summed E-state index contributed by atoms with van der Waals surface area (Å²) in [5.74, 6) is -0.939. The summed E-state index contributed by atoms with van der Waals surface area (Å²) < 4.78 is 5.40. The number of aromatic carboxylic acids is 1. The second-order valence-electron chi connectivity index (χ2n) is 3.56. The van der Waals surface area contributed by atoms with Gasteiger partial charge in [-0.3, -0.25) is 0 Å². The molecule has 5 heteroatoms. The van der Waals surface area contributed by atoms with E-state index >= 15 is 0 Å². The molecule has 1 aromatic carbocycles. The Kier molecular flexibility index (Phi) is 3.79. The molecule has 0 bridgehead atoms. The minimum absolute atomic E-state index is 0.0922. The Balaban J connectivity index is 2.11. The summed E-state index contributed by atoms with van der Waals surface area (Å²) in [6.07, 6.45) is 0. The van der Waals surface area contributed by atoms with Crippen LogP contribution in [-0.2, 0) is 6.61 Å². The molecule has 2 aromatic rings. The van der Waals surface area contributed by atoms with Gasteiger partial charge in [-0.15, -0.1) is 0 Å². The summed E-state index contributed by atoms with van der Waals surface area (Å²) in [4.78, 5) is 14.7. The van der Waals surface area contributed by atoms with Gasteiger partial charge >= 0.3 is 5.97 Å². The van der Waals surface area contributed by atoms with E-state index in [9.17, 15) is 4.79 Å². The molecule has 0 radical (unpaired) electrons. The highest BCUT2D eigenvalue weighted by atomic mass is 35.5. The molecular formula is C13H10ClNO3. The van der Waals surface area contributed by atoms with Crippen LogP contribution in [0.5, 0.6) is 5.88 Å². The smallest absolute Gasteiger partial charge is 0.356 e. The predicted octanol–water partition coefficient (Wildman–Crippen LogP) is 3.01. The Bertz CT molecular complexity index is 557. The van der Waals surface area contributed by atoms with Crippen LogP contribution in [0.1, 0.15) is 16.1 Å². The molecule has 18 heavy (non-hydrogen) atoms. The van der Waals surface area contributed by atoms with Gasteiger partial charge in [0.25, 0.3) is 0 Å². The Labute approximate surface area is 109 Å². The monoisotopic (exact) mass is 263 g/mol. The van der Waals surface area contributed by atoms with Crippen molar-refractivity contribution in [3.63, 3.8) is 0 Å². The van der Waals surface area contributed by atoms with Crippen molar-refractivity contribution in [1.29, 1.82) is 0 Å². The van der Waals surface area contributed by atoms with Crippen LogP contribution < -0.4 is 4.74 Å². The van der Waals surface area contributed by atoms with E-state index in [2.05, 4.69) is 4.98 Å². The molecule has 1 aromatic heterocycles. The molecule has 1 heterocycles. The number of aromatic nitrogens is 1. The van der Waals surface area contributed by atoms with Gasteiger partial charge in [-0.1, -0.05) is 41.9 Å². The average molecular weight is 264 g/mol. The first-order valence-electron chi connectivity index (χ1n) is 5.23. The molecular weight excluding hydrogens is 254 g/mol. The number of hydrogen-bond acceptors (Lipinski definition) is 3. The number of benzene rings is 1. The summed E-state index contributed by atoms with van der Waals surface area (Å²) in [7, 11) is 0. The van der Waals surface area contributed by atoms with E-state index < -0.39 is 5.97 Å². The van der Waals surface area contributed by atoms with Crippen molar-refractivity contribution in [2.45, 2.75) is 6.61 Å². The molecule has 1 N–H and O–H groups in total. The van der Waals surface area contributed by atoms with Gasteiger partial charge in [0.2, 0.25) is 5.88 Å². The molecule has 0 saturated carbocycles. The number of hydrogen-bond donors (Lipinski definition) is 1. The highest BCUT2D eigenvalue weighted by molar-refractivity contribution is 6.33. The van der Waals surface area contributed by atoms with E-state index in [-0.39, 0.29) is 16.6 Å². The standard InChI is InChI=1S/C13H10ClNO3/c14-10-6-7-11(15-12(10)13(16)17)18-8-9-4-2-1-3-5-9/h1-7H,8H2,(H,16,17). The molecule has 2 rings (SSSR count). The second-order valence-corrected chi connectivity index (χ2v) is 3.97. The maximum absolute atomic E-state index is 10.8. The zero-order valence-corrected chi connectivity index (χ0v) is 10.1. The highest BCUT2D eigenvalue weighted by Gasteiger charge is 2.11. The van der Waals surface area contributed by atoms with Gasteiger partial charge in [0.15, 0.2) is 5.69 Å². The zero-order valence-electron chi connectivity index (χ0n) is 9.34. The minimum atomic E-state index is -1.18. The summed E-state index contributed by atoms with van der Waals surface area (Å²) in [6.45, 7) is 0.328. The van der Waals surface area contributed by atoms with Crippen molar-refractivity contribution in [3.05, 3.63) is 58.7 Å². The molecule has 0 fully saturated rings. The van der Waals surface area contributed by atoms with E-state index in [4.69, 9.17) is 21.4 Å². The number of ether oxygens (including phenoxy) is 1. The van der Waals surface area contributed by atoms with Crippen LogP contribution in [0.4, 0.5) is 0 Å². The van der Waals surface area contributed by atoms with Crippen LogP contribution >= 0.6 is 11.6 Å². The quantitative estimate of drug-likeness (QED) is 0.921. The molecule has 0 spiro atoms. The van der Waals surface area contributed by atoms with E-state index in [0.717, 1.165) is 5.56 Å². The van der Waals surface area contributed by atoms with Gasteiger partial charge in [0, 0.05) is 6.07 Å². The Morgan fingerprint density at radius 1 is 1.22 bits per heavy atom. The van der Waals surface area contributed by atoms with Crippen molar-refractivity contribution in [2.24, 2.45) is 0 Å². The third-order valence-corrected chi connectivity index (χ3v) is 2.56. The topological polar surface area (TPSA) is 59.4 Å². The number of pyridine rings is 1. The summed E-state index contributed by atoms with van der Waals surface area (Å²) in [5, 5.41) is 8.97. The van der Waals surface area contributed by atoms with Gasteiger partial charge in [-0.25, -0.2) is 9.78 Å². The van der Waals surface area contributed by atoms with Crippen LogP contribution in [0.3, 0.4) is 0 Å². The fraction of sp³-hybridized carbons (Fsp3) is 0.0769. The Morgan fingerprint density at radius 3 is 2.61 bits per heavy atom. The number of nitrogens with zero attached hydrogens (tertiary/aromatic N) is 1. The lowest BCUT2D eigenvalue weighted by atomic mass is 10.2. The van der Waals surface area contributed by atoms with Crippen LogP contribution in [0.2, 0.25) is 5.02 Å². The average Bonchev–Trinajstić information content (AvgIpc) is 2.38. The lowest BCUT2D eigenvalue weighted by Gasteiger charge is -2.06. The third kappa shape index (κ3) is 2.99. The first-order valence-corrected chi connectivity index (χ1v) is 5.61. The van der Waals surface area contributed by atoms with Crippen LogP contribution in [0.25, 0.3) is 0 Å². The molecule has 4 nitrogen and oxygen atoms in total. The van der Waals surface area contributed by atoms with Gasteiger partial charge in [0.1, 0.15) is 6.61 Å². The third-order valence-electron chi connectivity index (χ3n) is 2.25. The Hall–Kier alpha value is -2.07. The molecule has 0 unspecified atom stereocenters. The van der Waals surface area contributed by atoms with Gasteiger partial charge in [-0.2, -0.15) is 0 Å². The van der Waals surface area contributed by atoms with Gasteiger partial charge < -0.3 is 9.84 Å². The summed E-state index contributed by atoms with van der Waals surface area (Å²) in [6, 6.07) is 12.5. The van der Waals surface area contributed by atoms with Crippen LogP contribution in [-0.4, -0.2) is 16.1 Å². The molecule has 0 aliphatic heterocycles. The highest BCUT2D eigenvalue weighted by Crippen LogP contribution is 2.18. The van der Waals surface area contributed by atoms with Crippen LogP contribution in [0.15, 0.2) is 42.5 Å². The van der Waals surface area contributed by atoms with E-state index in [0.29, 0.717) is 6.61 Å². The van der Waals surface area contributed by atoms with E-state index in [1.165, 1.54) is 12.1 Å². The number of rotatable bonds is 4. The van der Waals surface area contributed by atoms with Crippen molar-refractivity contribution in [1.82, 2.24) is 4.98 Å². The molecule has 0 amide bonds. The molecule has 0 aliphatic rings. The fourth-order valence-corrected chi connectivity index (χ4v) is 1.57. The maximum atomic E-state index is 10.8. The summed E-state index contributed by atoms with van der Waals surface area (Å²) in [5.41, 5.74) is 0.772. The first-order chi connectivity index (χ1) is 8.66. The van der Waals surface area contributed by atoms with E-state index in [1.807, 2.05) is 30.3 Å². The Morgan fingerprint density at radius 2 is 1.94 bits per heavy atom. The van der Waals surface area contributed by atoms with Crippen molar-refractivity contribution >= 4 is 17.6 Å². The van der Waals surface area contributed by atoms with Gasteiger partial charge in [0.05, 0.1) is 5.02 Å². The number of carboxylic acid groups (broad SMARTS) is 1. The van der Waals surface area contributed by atoms with Gasteiger partial charge in [-0.05, 0) is 11.6 Å². The molecule has 0 saturated heterocycles. The molecule has 0 aliphatic carbocycles. The van der Waals surface area contributed by atoms with Crippen molar-refractivity contribution < 1.29 is 14.6 Å². The number of carboxylic acids is 1. The SMILES string of the molecule is O=C(O)c1nc(OCc2ccccc2)ccc1Cl. The van der Waals surface area contributed by atoms with E-state index in [1.54, 1.807) is 0 Å². The largest absolute Gasteiger partial charge is 0.476 e. The first kappa shape index (κ1) is 12.4.